The standard InChI is InChI=1S/C13H27N3O/c1-5-11-9-16(12(6-2)8-15-11)10(4)13(17)14-7-3/h10-12,15H,5-9H2,1-4H3,(H,14,17). The molecule has 1 heterocycles. The third-order valence-electron chi connectivity index (χ3n) is 3.73. The van der Waals surface area contributed by atoms with E-state index >= 15 is 0 Å². The second-order valence-corrected chi connectivity index (χ2v) is 4.84. The lowest BCUT2D eigenvalue weighted by molar-refractivity contribution is -0.127. The maximum absolute atomic E-state index is 11.9. The Balaban J connectivity index is 2.65. The van der Waals surface area contributed by atoms with Gasteiger partial charge in [0.2, 0.25) is 5.91 Å². The average molecular weight is 241 g/mol. The molecule has 1 aliphatic rings. The van der Waals surface area contributed by atoms with E-state index in [0.717, 1.165) is 25.9 Å². The van der Waals surface area contributed by atoms with Gasteiger partial charge in [0, 0.05) is 31.7 Å². The van der Waals surface area contributed by atoms with Crippen molar-refractivity contribution < 1.29 is 4.79 Å². The van der Waals surface area contributed by atoms with Gasteiger partial charge in [0.05, 0.1) is 6.04 Å². The number of nitrogens with one attached hydrogen (secondary N) is 2. The van der Waals surface area contributed by atoms with Crippen LogP contribution in [0.2, 0.25) is 0 Å². The van der Waals surface area contributed by atoms with Crippen LogP contribution < -0.4 is 10.6 Å². The molecule has 0 saturated carbocycles. The molecule has 1 aliphatic heterocycles. The highest BCUT2D eigenvalue weighted by atomic mass is 16.2. The van der Waals surface area contributed by atoms with Crippen molar-refractivity contribution in [1.29, 1.82) is 0 Å². The van der Waals surface area contributed by atoms with Crippen LogP contribution >= 0.6 is 0 Å². The highest BCUT2D eigenvalue weighted by Gasteiger charge is 2.32. The summed E-state index contributed by atoms with van der Waals surface area (Å²) in [6.07, 6.45) is 2.21. The van der Waals surface area contributed by atoms with E-state index in [1.807, 2.05) is 13.8 Å². The Morgan fingerprint density at radius 3 is 2.65 bits per heavy atom. The predicted octanol–water partition coefficient (Wildman–Crippen LogP) is 0.973. The first-order chi connectivity index (χ1) is 8.13. The van der Waals surface area contributed by atoms with Crippen molar-refractivity contribution in [3.63, 3.8) is 0 Å². The molecule has 100 valence electrons. The van der Waals surface area contributed by atoms with E-state index in [1.165, 1.54) is 0 Å². The minimum Gasteiger partial charge on any atom is -0.355 e. The summed E-state index contributed by atoms with van der Waals surface area (Å²) in [5.41, 5.74) is 0. The Hall–Kier alpha value is -0.610. The van der Waals surface area contributed by atoms with E-state index in [-0.39, 0.29) is 11.9 Å². The van der Waals surface area contributed by atoms with Crippen molar-refractivity contribution in [2.24, 2.45) is 0 Å². The average Bonchev–Trinajstić information content (AvgIpc) is 2.37. The Morgan fingerprint density at radius 2 is 2.12 bits per heavy atom. The SMILES string of the molecule is CCNC(=O)C(C)N1CC(CC)NCC1CC. The van der Waals surface area contributed by atoms with Gasteiger partial charge in [0.1, 0.15) is 0 Å². The number of nitrogens with zero attached hydrogens (tertiary/aromatic N) is 1. The van der Waals surface area contributed by atoms with Crippen LogP contribution in [0.3, 0.4) is 0 Å². The van der Waals surface area contributed by atoms with Crippen LogP contribution in [-0.4, -0.2) is 48.6 Å². The van der Waals surface area contributed by atoms with Gasteiger partial charge in [-0.2, -0.15) is 0 Å². The second kappa shape index (κ2) is 6.97. The minimum atomic E-state index is -0.0175. The topological polar surface area (TPSA) is 44.4 Å². The van der Waals surface area contributed by atoms with E-state index in [4.69, 9.17) is 0 Å². The quantitative estimate of drug-likeness (QED) is 0.754. The zero-order valence-electron chi connectivity index (χ0n) is 11.6. The zero-order valence-corrected chi connectivity index (χ0v) is 11.6. The molecule has 0 aromatic rings. The van der Waals surface area contributed by atoms with E-state index in [0.29, 0.717) is 18.6 Å². The third-order valence-corrected chi connectivity index (χ3v) is 3.73. The van der Waals surface area contributed by atoms with Crippen LogP contribution in [0.15, 0.2) is 0 Å². The first kappa shape index (κ1) is 14.5. The second-order valence-electron chi connectivity index (χ2n) is 4.84. The van der Waals surface area contributed by atoms with Gasteiger partial charge in [0.25, 0.3) is 0 Å². The first-order valence-corrected chi connectivity index (χ1v) is 6.90. The summed E-state index contributed by atoms with van der Waals surface area (Å²) in [5.74, 6) is 0.155. The molecule has 0 radical (unpaired) electrons. The van der Waals surface area contributed by atoms with E-state index in [1.54, 1.807) is 0 Å². The van der Waals surface area contributed by atoms with Crippen LogP contribution in [-0.2, 0) is 4.79 Å². The maximum Gasteiger partial charge on any atom is 0.237 e. The lowest BCUT2D eigenvalue weighted by Crippen LogP contribution is -2.61. The molecule has 17 heavy (non-hydrogen) atoms. The molecule has 3 unspecified atom stereocenters. The number of hydrogen-bond donors (Lipinski definition) is 2. The first-order valence-electron chi connectivity index (χ1n) is 6.90. The molecule has 2 N–H and O–H groups in total. The number of carbonyl (C=O) groups excluding carboxylic acids is 1. The maximum atomic E-state index is 11.9. The van der Waals surface area contributed by atoms with E-state index < -0.39 is 0 Å². The van der Waals surface area contributed by atoms with Gasteiger partial charge in [-0.25, -0.2) is 0 Å². The Kier molecular flexibility index (Phi) is 5.92. The van der Waals surface area contributed by atoms with Gasteiger partial charge in [0.15, 0.2) is 0 Å². The van der Waals surface area contributed by atoms with Crippen LogP contribution in [0.4, 0.5) is 0 Å². The molecule has 4 heteroatoms. The molecule has 0 bridgehead atoms. The van der Waals surface area contributed by atoms with Gasteiger partial charge >= 0.3 is 0 Å². The van der Waals surface area contributed by atoms with Crippen LogP contribution in [0.1, 0.15) is 40.5 Å². The number of amides is 1. The highest BCUT2D eigenvalue weighted by molar-refractivity contribution is 5.81. The Bertz CT molecular complexity index is 245. The number of rotatable bonds is 5. The molecule has 0 aliphatic carbocycles. The summed E-state index contributed by atoms with van der Waals surface area (Å²) in [5, 5.41) is 6.47. The molecule has 1 saturated heterocycles. The van der Waals surface area contributed by atoms with Gasteiger partial charge < -0.3 is 10.6 Å². The van der Waals surface area contributed by atoms with Crippen molar-refractivity contribution >= 4 is 5.91 Å². The molecule has 0 aromatic carbocycles. The zero-order chi connectivity index (χ0) is 12.8. The molecular weight excluding hydrogens is 214 g/mol. The number of carbonyl (C=O) groups is 1. The Labute approximate surface area is 105 Å². The van der Waals surface area contributed by atoms with E-state index in [9.17, 15) is 4.79 Å². The van der Waals surface area contributed by atoms with Crippen LogP contribution in [0.5, 0.6) is 0 Å². The smallest absolute Gasteiger partial charge is 0.237 e. The van der Waals surface area contributed by atoms with Gasteiger partial charge in [-0.1, -0.05) is 13.8 Å². The summed E-state index contributed by atoms with van der Waals surface area (Å²) in [6.45, 7) is 11.1. The van der Waals surface area contributed by atoms with Crippen molar-refractivity contribution in [1.82, 2.24) is 15.5 Å². The van der Waals surface area contributed by atoms with Crippen LogP contribution in [0, 0.1) is 0 Å². The number of hydrogen-bond acceptors (Lipinski definition) is 3. The van der Waals surface area contributed by atoms with Gasteiger partial charge in [-0.15, -0.1) is 0 Å². The van der Waals surface area contributed by atoms with Crippen molar-refractivity contribution in [3.8, 4) is 0 Å². The van der Waals surface area contributed by atoms with Crippen molar-refractivity contribution in [2.45, 2.75) is 58.7 Å². The van der Waals surface area contributed by atoms with Gasteiger partial charge in [-0.3, -0.25) is 9.69 Å². The molecule has 0 spiro atoms. The fourth-order valence-corrected chi connectivity index (χ4v) is 2.49. The normalized spacial score (nSPS) is 27.8. The minimum absolute atomic E-state index is 0.0175. The predicted molar refractivity (Wildman–Crippen MR) is 71.0 cm³/mol. The monoisotopic (exact) mass is 241 g/mol. The largest absolute Gasteiger partial charge is 0.355 e. The molecule has 1 fully saturated rings. The van der Waals surface area contributed by atoms with Crippen LogP contribution in [0.25, 0.3) is 0 Å². The number of piperazine rings is 1. The third kappa shape index (κ3) is 3.68. The molecule has 0 aromatic heterocycles. The molecule has 3 atom stereocenters. The molecule has 4 nitrogen and oxygen atoms in total. The summed E-state index contributed by atoms with van der Waals surface area (Å²) in [6, 6.07) is 0.987. The lowest BCUT2D eigenvalue weighted by atomic mass is 10.0. The highest BCUT2D eigenvalue weighted by Crippen LogP contribution is 2.15. The summed E-state index contributed by atoms with van der Waals surface area (Å²) >= 11 is 0. The Morgan fingerprint density at radius 1 is 1.41 bits per heavy atom. The fourth-order valence-electron chi connectivity index (χ4n) is 2.49. The molecule has 1 rings (SSSR count). The van der Waals surface area contributed by atoms with E-state index in [2.05, 4.69) is 29.4 Å². The number of likely N-dealkylation sites (N-methyl/N-ethyl adjacent to an activating group) is 1. The summed E-state index contributed by atoms with van der Waals surface area (Å²) in [4.78, 5) is 14.3. The molecular formula is C13H27N3O. The summed E-state index contributed by atoms with van der Waals surface area (Å²) in [7, 11) is 0. The summed E-state index contributed by atoms with van der Waals surface area (Å²) < 4.78 is 0. The van der Waals surface area contributed by atoms with Crippen molar-refractivity contribution in [3.05, 3.63) is 0 Å². The fraction of sp³-hybridized carbons (Fsp3) is 0.923. The lowest BCUT2D eigenvalue weighted by Gasteiger charge is -2.42. The molecule has 1 amide bonds. The van der Waals surface area contributed by atoms with Crippen molar-refractivity contribution in [2.75, 3.05) is 19.6 Å². The van der Waals surface area contributed by atoms with Gasteiger partial charge in [-0.05, 0) is 26.7 Å².